The molecule has 1 aliphatic heterocycles. The van der Waals surface area contributed by atoms with Gasteiger partial charge in [-0.1, -0.05) is 25.7 Å². The Hall–Kier alpha value is -1.60. The highest BCUT2D eigenvalue weighted by Gasteiger charge is 2.26. The number of hydrogen-bond donors (Lipinski definition) is 1. The minimum Gasteiger partial charge on any atom is -0.496 e. The van der Waals surface area contributed by atoms with Crippen LogP contribution in [0.5, 0.6) is 5.75 Å². The molecule has 26 heavy (non-hydrogen) atoms. The van der Waals surface area contributed by atoms with Crippen molar-refractivity contribution < 1.29 is 17.9 Å². The molecule has 0 aromatic heterocycles. The molecule has 1 aliphatic carbocycles. The monoisotopic (exact) mass is 380 g/mol. The lowest BCUT2D eigenvalue weighted by molar-refractivity contribution is 0.0789. The first-order chi connectivity index (χ1) is 12.5. The number of methoxy groups -OCH3 is 1. The van der Waals surface area contributed by atoms with E-state index in [0.717, 1.165) is 51.4 Å². The summed E-state index contributed by atoms with van der Waals surface area (Å²) in [5.41, 5.74) is 0.318. The molecule has 0 unspecified atom stereocenters. The van der Waals surface area contributed by atoms with Crippen LogP contribution in [-0.2, 0) is 10.0 Å². The van der Waals surface area contributed by atoms with Gasteiger partial charge >= 0.3 is 0 Å². The molecule has 7 heteroatoms. The number of ether oxygens (including phenoxy) is 1. The van der Waals surface area contributed by atoms with Gasteiger partial charge in [0.25, 0.3) is 5.91 Å². The number of rotatable bonds is 5. The van der Waals surface area contributed by atoms with Crippen LogP contribution in [0.1, 0.15) is 61.7 Å². The molecule has 2 aliphatic rings. The van der Waals surface area contributed by atoms with Gasteiger partial charge in [0.2, 0.25) is 10.0 Å². The van der Waals surface area contributed by atoms with Crippen molar-refractivity contribution in [3.8, 4) is 5.75 Å². The molecule has 1 aromatic carbocycles. The summed E-state index contributed by atoms with van der Waals surface area (Å²) in [6.07, 6.45) is 8.13. The third-order valence-electron chi connectivity index (χ3n) is 5.28. The van der Waals surface area contributed by atoms with Gasteiger partial charge in [-0.15, -0.1) is 0 Å². The van der Waals surface area contributed by atoms with Gasteiger partial charge in [-0.25, -0.2) is 13.1 Å². The van der Waals surface area contributed by atoms with Crippen LogP contribution in [0.15, 0.2) is 23.1 Å². The summed E-state index contributed by atoms with van der Waals surface area (Å²) in [6, 6.07) is 4.52. The van der Waals surface area contributed by atoms with Crippen LogP contribution in [0.25, 0.3) is 0 Å². The van der Waals surface area contributed by atoms with Crippen LogP contribution >= 0.6 is 0 Å². The fourth-order valence-electron chi connectivity index (χ4n) is 3.80. The molecule has 0 spiro atoms. The van der Waals surface area contributed by atoms with E-state index in [-0.39, 0.29) is 16.8 Å². The van der Waals surface area contributed by atoms with Crippen LogP contribution in [0.4, 0.5) is 0 Å². The molecule has 0 atom stereocenters. The fraction of sp³-hybridized carbons (Fsp3) is 0.632. The largest absolute Gasteiger partial charge is 0.496 e. The average Bonchev–Trinajstić information content (AvgIpc) is 3.06. The molecule has 1 amide bonds. The van der Waals surface area contributed by atoms with Gasteiger partial charge < -0.3 is 9.64 Å². The van der Waals surface area contributed by atoms with E-state index in [1.807, 2.05) is 0 Å². The molecule has 1 N–H and O–H groups in total. The van der Waals surface area contributed by atoms with Crippen LogP contribution in [0, 0.1) is 0 Å². The van der Waals surface area contributed by atoms with Crippen LogP contribution < -0.4 is 9.46 Å². The first kappa shape index (κ1) is 19.2. The minimum absolute atomic E-state index is 0.0256. The first-order valence-electron chi connectivity index (χ1n) is 9.51. The highest BCUT2D eigenvalue weighted by molar-refractivity contribution is 7.89. The minimum atomic E-state index is -3.66. The molecule has 0 bridgehead atoms. The van der Waals surface area contributed by atoms with Crippen LogP contribution in [-0.4, -0.2) is 45.5 Å². The van der Waals surface area contributed by atoms with Gasteiger partial charge in [-0.05, 0) is 43.9 Å². The second-order valence-electron chi connectivity index (χ2n) is 7.17. The second kappa shape index (κ2) is 8.39. The standard InChI is InChI=1S/C19H28N2O4S/c1-25-18-11-10-16(14-17(18)19(22)21-12-6-7-13-21)26(23,24)20-15-8-4-2-3-5-9-15/h10-11,14-15,20H,2-9,12-13H2,1H3. The van der Waals surface area contributed by atoms with Gasteiger partial charge in [0, 0.05) is 19.1 Å². The highest BCUT2D eigenvalue weighted by Crippen LogP contribution is 2.26. The van der Waals surface area contributed by atoms with E-state index < -0.39 is 10.0 Å². The van der Waals surface area contributed by atoms with Crippen molar-refractivity contribution in [2.75, 3.05) is 20.2 Å². The lowest BCUT2D eigenvalue weighted by Gasteiger charge is -2.19. The number of benzene rings is 1. The Balaban J connectivity index is 1.84. The van der Waals surface area contributed by atoms with Crippen molar-refractivity contribution >= 4 is 15.9 Å². The van der Waals surface area contributed by atoms with Crippen molar-refractivity contribution in [1.82, 2.24) is 9.62 Å². The Kier molecular flexibility index (Phi) is 6.19. The van der Waals surface area contributed by atoms with Gasteiger partial charge in [0.1, 0.15) is 5.75 Å². The zero-order valence-corrected chi connectivity index (χ0v) is 16.2. The van der Waals surface area contributed by atoms with E-state index in [4.69, 9.17) is 4.74 Å². The molecule has 144 valence electrons. The summed E-state index contributed by atoms with van der Waals surface area (Å²) >= 11 is 0. The smallest absolute Gasteiger partial charge is 0.257 e. The summed E-state index contributed by atoms with van der Waals surface area (Å²) < 4.78 is 33.8. The number of amides is 1. The van der Waals surface area contributed by atoms with Crippen molar-refractivity contribution in [1.29, 1.82) is 0 Å². The van der Waals surface area contributed by atoms with E-state index in [0.29, 0.717) is 24.4 Å². The third kappa shape index (κ3) is 4.38. The van der Waals surface area contributed by atoms with E-state index in [2.05, 4.69) is 4.72 Å². The Morgan fingerprint density at radius 3 is 2.35 bits per heavy atom. The summed E-state index contributed by atoms with van der Waals surface area (Å²) in [7, 11) is -2.16. The average molecular weight is 381 g/mol. The van der Waals surface area contributed by atoms with Crippen molar-refractivity contribution in [3.05, 3.63) is 23.8 Å². The molecule has 1 saturated carbocycles. The maximum absolute atomic E-state index is 12.8. The van der Waals surface area contributed by atoms with Gasteiger partial charge in [-0.3, -0.25) is 4.79 Å². The van der Waals surface area contributed by atoms with E-state index in [9.17, 15) is 13.2 Å². The number of likely N-dealkylation sites (tertiary alicyclic amines) is 1. The SMILES string of the molecule is COc1ccc(S(=O)(=O)NC2CCCCCC2)cc1C(=O)N1CCCC1. The maximum Gasteiger partial charge on any atom is 0.257 e. The summed E-state index contributed by atoms with van der Waals surface area (Å²) in [4.78, 5) is 14.7. The van der Waals surface area contributed by atoms with Crippen molar-refractivity contribution in [2.24, 2.45) is 0 Å². The zero-order chi connectivity index (χ0) is 18.6. The molecule has 0 radical (unpaired) electrons. The molecule has 3 rings (SSSR count). The second-order valence-corrected chi connectivity index (χ2v) is 8.89. The molecule has 1 aromatic rings. The molecule has 1 saturated heterocycles. The number of sulfonamides is 1. The number of nitrogens with one attached hydrogen (secondary N) is 1. The lowest BCUT2D eigenvalue weighted by Crippen LogP contribution is -2.34. The van der Waals surface area contributed by atoms with E-state index in [1.165, 1.54) is 19.2 Å². The maximum atomic E-state index is 12.8. The van der Waals surface area contributed by atoms with Crippen LogP contribution in [0.2, 0.25) is 0 Å². The quantitative estimate of drug-likeness (QED) is 0.797. The number of hydrogen-bond acceptors (Lipinski definition) is 4. The Morgan fingerprint density at radius 1 is 1.08 bits per heavy atom. The summed E-state index contributed by atoms with van der Waals surface area (Å²) in [5, 5.41) is 0. The molecule has 6 nitrogen and oxygen atoms in total. The number of nitrogens with zero attached hydrogens (tertiary/aromatic N) is 1. The fourth-order valence-corrected chi connectivity index (χ4v) is 5.13. The van der Waals surface area contributed by atoms with Crippen molar-refractivity contribution in [2.45, 2.75) is 62.3 Å². The lowest BCUT2D eigenvalue weighted by atomic mass is 10.1. The van der Waals surface area contributed by atoms with Crippen LogP contribution in [0.3, 0.4) is 0 Å². The van der Waals surface area contributed by atoms with E-state index in [1.54, 1.807) is 11.0 Å². The zero-order valence-electron chi connectivity index (χ0n) is 15.4. The topological polar surface area (TPSA) is 75.7 Å². The van der Waals surface area contributed by atoms with Gasteiger partial charge in [-0.2, -0.15) is 0 Å². The molecular formula is C19H28N2O4S. The summed E-state index contributed by atoms with van der Waals surface area (Å²) in [5.74, 6) is 0.251. The van der Waals surface area contributed by atoms with Crippen molar-refractivity contribution in [3.63, 3.8) is 0 Å². The highest BCUT2D eigenvalue weighted by atomic mass is 32.2. The van der Waals surface area contributed by atoms with Gasteiger partial charge in [0.15, 0.2) is 0 Å². The normalized spacial score (nSPS) is 19.3. The van der Waals surface area contributed by atoms with Gasteiger partial charge in [0.05, 0.1) is 17.6 Å². The molecule has 1 heterocycles. The molecule has 2 fully saturated rings. The predicted molar refractivity (Wildman–Crippen MR) is 99.9 cm³/mol. The first-order valence-corrected chi connectivity index (χ1v) is 11.0. The molecular weight excluding hydrogens is 352 g/mol. The van der Waals surface area contributed by atoms with E-state index >= 15 is 0 Å². The Bertz CT molecular complexity index is 734. The number of carbonyl (C=O) groups is 1. The summed E-state index contributed by atoms with van der Waals surface area (Å²) in [6.45, 7) is 1.42. The number of carbonyl (C=O) groups excluding carboxylic acids is 1. The third-order valence-corrected chi connectivity index (χ3v) is 6.80. The Morgan fingerprint density at radius 2 is 1.73 bits per heavy atom. The predicted octanol–water partition coefficient (Wildman–Crippen LogP) is 2.93. The Labute approximate surface area is 156 Å².